The zero-order valence-corrected chi connectivity index (χ0v) is 10.2. The Morgan fingerprint density at radius 1 is 1.25 bits per heavy atom. The number of hydrogen-bond donors (Lipinski definition) is 3. The van der Waals surface area contributed by atoms with E-state index in [0.717, 1.165) is 5.69 Å². The van der Waals surface area contributed by atoms with Crippen molar-refractivity contribution >= 4 is 21.8 Å². The molecule has 0 aliphatic heterocycles. The lowest BCUT2D eigenvalue weighted by Crippen LogP contribution is -2.10. The van der Waals surface area contributed by atoms with Crippen LogP contribution in [0.5, 0.6) is 0 Å². The SMILES string of the molecule is Cc1cc(N)ccc1N(C)C.O=S(=O)(O)O. The molecule has 0 bridgehead atoms. The number of aryl methyl sites for hydroxylation is 1. The maximum Gasteiger partial charge on any atom is 0.394 e. The molecule has 0 aliphatic carbocycles. The Hall–Kier alpha value is -1.31. The molecule has 0 aromatic heterocycles. The van der Waals surface area contributed by atoms with E-state index in [1.165, 1.54) is 11.3 Å². The molecule has 4 N–H and O–H groups in total. The van der Waals surface area contributed by atoms with E-state index in [1.54, 1.807) is 0 Å². The Balaban J connectivity index is 0.000000385. The van der Waals surface area contributed by atoms with Crippen LogP contribution in [0.1, 0.15) is 5.56 Å². The molecule has 1 aromatic rings. The molecule has 0 radical (unpaired) electrons. The van der Waals surface area contributed by atoms with Crippen molar-refractivity contribution in [2.24, 2.45) is 0 Å². The van der Waals surface area contributed by atoms with Gasteiger partial charge in [-0.25, -0.2) is 0 Å². The minimum absolute atomic E-state index is 0.827. The smallest absolute Gasteiger partial charge is 0.394 e. The van der Waals surface area contributed by atoms with E-state index in [2.05, 4.69) is 11.8 Å². The van der Waals surface area contributed by atoms with Gasteiger partial charge in [-0.15, -0.1) is 0 Å². The second kappa shape index (κ2) is 5.69. The van der Waals surface area contributed by atoms with E-state index in [0.29, 0.717) is 0 Å². The predicted octanol–water partition coefficient (Wildman–Crippen LogP) is 0.990. The maximum atomic E-state index is 8.74. The lowest BCUT2D eigenvalue weighted by Gasteiger charge is -2.15. The fourth-order valence-electron chi connectivity index (χ4n) is 1.18. The molecule has 1 aromatic carbocycles. The zero-order valence-electron chi connectivity index (χ0n) is 9.38. The lowest BCUT2D eigenvalue weighted by molar-refractivity contribution is 0.381. The monoisotopic (exact) mass is 248 g/mol. The number of benzene rings is 1. The Morgan fingerprint density at radius 3 is 2.00 bits per heavy atom. The van der Waals surface area contributed by atoms with E-state index in [1.807, 2.05) is 32.3 Å². The molecule has 0 aliphatic rings. The van der Waals surface area contributed by atoms with Crippen molar-refractivity contribution in [3.8, 4) is 0 Å². The first-order chi connectivity index (χ1) is 7.11. The molecule has 0 saturated carbocycles. The summed E-state index contributed by atoms with van der Waals surface area (Å²) in [4.78, 5) is 2.08. The van der Waals surface area contributed by atoms with Gasteiger partial charge in [-0.1, -0.05) is 0 Å². The van der Waals surface area contributed by atoms with Gasteiger partial charge in [-0.2, -0.15) is 8.42 Å². The van der Waals surface area contributed by atoms with Crippen LogP contribution < -0.4 is 10.6 Å². The topological polar surface area (TPSA) is 104 Å². The fraction of sp³-hybridized carbons (Fsp3) is 0.333. The van der Waals surface area contributed by atoms with Crippen LogP contribution in [0.25, 0.3) is 0 Å². The van der Waals surface area contributed by atoms with Crippen LogP contribution in [0.3, 0.4) is 0 Å². The molecular formula is C9H16N2O4S. The highest BCUT2D eigenvalue weighted by atomic mass is 32.3. The highest BCUT2D eigenvalue weighted by molar-refractivity contribution is 7.79. The second-order valence-corrected chi connectivity index (χ2v) is 4.28. The van der Waals surface area contributed by atoms with Crippen molar-refractivity contribution in [2.75, 3.05) is 24.7 Å². The third-order valence-corrected chi connectivity index (χ3v) is 1.70. The molecule has 0 unspecified atom stereocenters. The van der Waals surface area contributed by atoms with Gasteiger partial charge in [0.1, 0.15) is 0 Å². The van der Waals surface area contributed by atoms with Crippen molar-refractivity contribution < 1.29 is 17.5 Å². The maximum absolute atomic E-state index is 8.74. The van der Waals surface area contributed by atoms with Crippen LogP contribution >= 0.6 is 0 Å². The van der Waals surface area contributed by atoms with Crippen molar-refractivity contribution in [1.29, 1.82) is 0 Å². The number of nitrogen functional groups attached to an aromatic ring is 1. The summed E-state index contributed by atoms with van der Waals surface area (Å²) in [6.07, 6.45) is 0. The summed E-state index contributed by atoms with van der Waals surface area (Å²) in [6.45, 7) is 2.06. The third-order valence-electron chi connectivity index (χ3n) is 1.70. The predicted molar refractivity (Wildman–Crippen MR) is 64.1 cm³/mol. The van der Waals surface area contributed by atoms with Crippen LogP contribution in [-0.2, 0) is 10.4 Å². The van der Waals surface area contributed by atoms with Crippen LogP contribution in [0, 0.1) is 6.92 Å². The van der Waals surface area contributed by atoms with Crippen LogP contribution in [0.2, 0.25) is 0 Å². The molecule has 92 valence electrons. The molecule has 0 fully saturated rings. The summed E-state index contributed by atoms with van der Waals surface area (Å²) in [5.41, 5.74) is 8.88. The summed E-state index contributed by atoms with van der Waals surface area (Å²) in [6, 6.07) is 5.93. The fourth-order valence-corrected chi connectivity index (χ4v) is 1.18. The van der Waals surface area contributed by atoms with Gasteiger partial charge in [0.25, 0.3) is 0 Å². The van der Waals surface area contributed by atoms with Gasteiger partial charge in [0.2, 0.25) is 0 Å². The van der Waals surface area contributed by atoms with E-state index in [4.69, 9.17) is 23.3 Å². The normalized spacial score (nSPS) is 10.3. The van der Waals surface area contributed by atoms with Gasteiger partial charge in [-0.05, 0) is 30.7 Å². The minimum Gasteiger partial charge on any atom is -0.399 e. The molecule has 0 heterocycles. The minimum atomic E-state index is -4.67. The number of anilines is 2. The number of hydrogen-bond acceptors (Lipinski definition) is 4. The van der Waals surface area contributed by atoms with E-state index in [-0.39, 0.29) is 0 Å². The molecule has 0 atom stereocenters. The van der Waals surface area contributed by atoms with Gasteiger partial charge >= 0.3 is 10.4 Å². The highest BCUT2D eigenvalue weighted by Gasteiger charge is 1.98. The van der Waals surface area contributed by atoms with Crippen LogP contribution in [-0.4, -0.2) is 31.6 Å². The molecule has 0 saturated heterocycles. The average Bonchev–Trinajstić information content (AvgIpc) is 1.99. The largest absolute Gasteiger partial charge is 0.399 e. The summed E-state index contributed by atoms with van der Waals surface area (Å²) in [5, 5.41) is 0. The Bertz CT molecular complexity index is 435. The summed E-state index contributed by atoms with van der Waals surface area (Å²) < 4.78 is 31.6. The van der Waals surface area contributed by atoms with Gasteiger partial charge in [0.05, 0.1) is 0 Å². The molecule has 16 heavy (non-hydrogen) atoms. The first kappa shape index (κ1) is 14.7. The van der Waals surface area contributed by atoms with E-state index < -0.39 is 10.4 Å². The van der Waals surface area contributed by atoms with Gasteiger partial charge in [0, 0.05) is 25.5 Å². The molecular weight excluding hydrogens is 232 g/mol. The van der Waals surface area contributed by atoms with Crippen LogP contribution in [0.4, 0.5) is 11.4 Å². The molecule has 6 nitrogen and oxygen atoms in total. The van der Waals surface area contributed by atoms with Crippen molar-refractivity contribution in [3.05, 3.63) is 23.8 Å². The van der Waals surface area contributed by atoms with Gasteiger partial charge in [0.15, 0.2) is 0 Å². The highest BCUT2D eigenvalue weighted by Crippen LogP contribution is 2.19. The summed E-state index contributed by atoms with van der Waals surface area (Å²) in [5.74, 6) is 0. The first-order valence-electron chi connectivity index (χ1n) is 4.34. The average molecular weight is 248 g/mol. The quantitative estimate of drug-likeness (QED) is 0.506. The molecule has 0 spiro atoms. The first-order valence-corrected chi connectivity index (χ1v) is 5.74. The van der Waals surface area contributed by atoms with Crippen LogP contribution in [0.15, 0.2) is 18.2 Å². The molecule has 7 heteroatoms. The molecule has 0 amide bonds. The number of rotatable bonds is 1. The Labute approximate surface area is 95.3 Å². The van der Waals surface area contributed by atoms with Crippen molar-refractivity contribution in [1.82, 2.24) is 0 Å². The third kappa shape index (κ3) is 7.04. The lowest BCUT2D eigenvalue weighted by atomic mass is 10.2. The Morgan fingerprint density at radius 2 is 1.69 bits per heavy atom. The number of nitrogens with zero attached hydrogens (tertiary/aromatic N) is 1. The van der Waals surface area contributed by atoms with Crippen molar-refractivity contribution in [3.63, 3.8) is 0 Å². The Kier molecular flexibility index (Phi) is 5.22. The second-order valence-electron chi connectivity index (χ2n) is 3.39. The van der Waals surface area contributed by atoms with Gasteiger partial charge in [-0.3, -0.25) is 9.11 Å². The zero-order chi connectivity index (χ0) is 12.9. The van der Waals surface area contributed by atoms with Gasteiger partial charge < -0.3 is 10.6 Å². The standard InChI is InChI=1S/C9H14N2.H2O4S/c1-7-6-8(10)4-5-9(7)11(2)3;1-5(2,3)4/h4-6H,10H2,1-3H3;(H2,1,2,3,4). The van der Waals surface area contributed by atoms with E-state index in [9.17, 15) is 0 Å². The summed E-state index contributed by atoms with van der Waals surface area (Å²) in [7, 11) is -0.614. The number of nitrogens with two attached hydrogens (primary N) is 1. The van der Waals surface area contributed by atoms with E-state index >= 15 is 0 Å². The van der Waals surface area contributed by atoms with Crippen molar-refractivity contribution in [2.45, 2.75) is 6.92 Å². The molecule has 1 rings (SSSR count). The summed E-state index contributed by atoms with van der Waals surface area (Å²) >= 11 is 0.